The van der Waals surface area contributed by atoms with E-state index in [0.717, 1.165) is 32.1 Å². The van der Waals surface area contributed by atoms with E-state index in [9.17, 15) is 5.11 Å². The van der Waals surface area contributed by atoms with Crippen LogP contribution < -0.4 is 0 Å². The van der Waals surface area contributed by atoms with Crippen LogP contribution in [0.5, 0.6) is 0 Å². The minimum atomic E-state index is -0.675. The Balaban J connectivity index is 2.17. The third kappa shape index (κ3) is 2.35. The lowest BCUT2D eigenvalue weighted by molar-refractivity contribution is 0.221. The van der Waals surface area contributed by atoms with E-state index in [0.29, 0.717) is 0 Å². The summed E-state index contributed by atoms with van der Waals surface area (Å²) >= 11 is 3.46. The van der Waals surface area contributed by atoms with Crippen LogP contribution in [0, 0.1) is 6.92 Å². The number of nitrogens with zero attached hydrogens (tertiary/aromatic N) is 1. The van der Waals surface area contributed by atoms with Crippen molar-refractivity contribution >= 4 is 26.8 Å². The number of rotatable bonds is 2. The first kappa shape index (κ1) is 13.3. The summed E-state index contributed by atoms with van der Waals surface area (Å²) in [6.07, 6.45) is 1.08. The minimum Gasteiger partial charge on any atom is -0.384 e. The van der Waals surface area contributed by atoms with Crippen LogP contribution in [0.15, 0.2) is 59.2 Å². The summed E-state index contributed by atoms with van der Waals surface area (Å²) in [6.45, 7) is 2.00. The Bertz CT molecular complexity index is 765. The molecule has 0 saturated carbocycles. The highest BCUT2D eigenvalue weighted by molar-refractivity contribution is 9.10. The molecule has 1 aromatic heterocycles. The second-order valence-electron chi connectivity index (χ2n) is 4.83. The van der Waals surface area contributed by atoms with Crippen LogP contribution in [0.3, 0.4) is 0 Å². The van der Waals surface area contributed by atoms with Crippen LogP contribution >= 0.6 is 15.9 Å². The van der Waals surface area contributed by atoms with Gasteiger partial charge < -0.3 is 5.11 Å². The molecule has 100 valence electrons. The monoisotopic (exact) mass is 327 g/mol. The third-order valence-electron chi connectivity index (χ3n) is 3.49. The SMILES string of the molecule is Cc1ccc(Br)cc1C(O)c1cccc2cccnc12. The molecule has 2 aromatic carbocycles. The molecule has 1 unspecified atom stereocenters. The number of aryl methyl sites for hydroxylation is 1. The Kier molecular flexibility index (Phi) is 3.55. The van der Waals surface area contributed by atoms with Crippen LogP contribution in [-0.4, -0.2) is 10.1 Å². The van der Waals surface area contributed by atoms with Gasteiger partial charge in [0.25, 0.3) is 0 Å². The topological polar surface area (TPSA) is 33.1 Å². The number of hydrogen-bond donors (Lipinski definition) is 1. The van der Waals surface area contributed by atoms with Gasteiger partial charge in [0.1, 0.15) is 6.10 Å². The lowest BCUT2D eigenvalue weighted by Crippen LogP contribution is -2.03. The van der Waals surface area contributed by atoms with Gasteiger partial charge in [-0.05, 0) is 36.2 Å². The fourth-order valence-electron chi connectivity index (χ4n) is 2.42. The van der Waals surface area contributed by atoms with Crippen molar-refractivity contribution in [3.63, 3.8) is 0 Å². The van der Waals surface area contributed by atoms with E-state index in [2.05, 4.69) is 20.9 Å². The number of para-hydroxylation sites is 1. The van der Waals surface area contributed by atoms with Crippen LogP contribution in [0.25, 0.3) is 10.9 Å². The number of hydrogen-bond acceptors (Lipinski definition) is 2. The maximum atomic E-state index is 10.7. The molecular weight excluding hydrogens is 314 g/mol. The van der Waals surface area contributed by atoms with Gasteiger partial charge in [-0.3, -0.25) is 4.98 Å². The van der Waals surface area contributed by atoms with E-state index in [1.165, 1.54) is 0 Å². The van der Waals surface area contributed by atoms with Gasteiger partial charge in [-0.25, -0.2) is 0 Å². The van der Waals surface area contributed by atoms with Crippen LogP contribution in [0.4, 0.5) is 0 Å². The average Bonchev–Trinajstić information content (AvgIpc) is 2.48. The van der Waals surface area contributed by atoms with Crippen molar-refractivity contribution in [3.8, 4) is 0 Å². The van der Waals surface area contributed by atoms with Gasteiger partial charge in [0.2, 0.25) is 0 Å². The lowest BCUT2D eigenvalue weighted by Gasteiger charge is -2.16. The highest BCUT2D eigenvalue weighted by Crippen LogP contribution is 2.30. The van der Waals surface area contributed by atoms with Crippen molar-refractivity contribution in [2.75, 3.05) is 0 Å². The summed E-state index contributed by atoms with van der Waals surface area (Å²) in [5, 5.41) is 11.8. The fourth-order valence-corrected chi connectivity index (χ4v) is 2.80. The van der Waals surface area contributed by atoms with Gasteiger partial charge in [-0.2, -0.15) is 0 Å². The summed E-state index contributed by atoms with van der Waals surface area (Å²) in [5.41, 5.74) is 3.65. The third-order valence-corrected chi connectivity index (χ3v) is 3.99. The fraction of sp³-hybridized carbons (Fsp3) is 0.118. The quantitative estimate of drug-likeness (QED) is 0.757. The zero-order valence-corrected chi connectivity index (χ0v) is 12.6. The van der Waals surface area contributed by atoms with Crippen LogP contribution in [-0.2, 0) is 0 Å². The predicted octanol–water partition coefficient (Wildman–Crippen LogP) is 4.39. The average molecular weight is 328 g/mol. The first-order valence-corrected chi connectivity index (χ1v) is 7.24. The Labute approximate surface area is 126 Å². The largest absolute Gasteiger partial charge is 0.384 e. The van der Waals surface area contributed by atoms with Crippen molar-refractivity contribution in [2.24, 2.45) is 0 Å². The van der Waals surface area contributed by atoms with Crippen molar-refractivity contribution < 1.29 is 5.11 Å². The second-order valence-corrected chi connectivity index (χ2v) is 5.74. The van der Waals surface area contributed by atoms with E-state index in [4.69, 9.17) is 0 Å². The standard InChI is InChI=1S/C17H14BrNO/c1-11-7-8-13(18)10-15(11)17(20)14-6-2-4-12-5-3-9-19-16(12)14/h2-10,17,20H,1H3. The Morgan fingerprint density at radius 1 is 1.05 bits per heavy atom. The van der Waals surface area contributed by atoms with Crippen molar-refractivity contribution in [3.05, 3.63) is 75.9 Å². The van der Waals surface area contributed by atoms with Gasteiger partial charge in [0.05, 0.1) is 5.52 Å². The van der Waals surface area contributed by atoms with Gasteiger partial charge in [-0.15, -0.1) is 0 Å². The molecule has 20 heavy (non-hydrogen) atoms. The lowest BCUT2D eigenvalue weighted by atomic mass is 9.96. The molecule has 3 aromatic rings. The molecule has 0 aliphatic rings. The molecule has 1 heterocycles. The Morgan fingerprint density at radius 2 is 1.85 bits per heavy atom. The first-order chi connectivity index (χ1) is 9.66. The van der Waals surface area contributed by atoms with Crippen molar-refractivity contribution in [1.82, 2.24) is 4.98 Å². The number of halogens is 1. The minimum absolute atomic E-state index is 0.675. The summed E-state index contributed by atoms with van der Waals surface area (Å²) in [5.74, 6) is 0. The predicted molar refractivity (Wildman–Crippen MR) is 84.7 cm³/mol. The smallest absolute Gasteiger partial charge is 0.106 e. The normalized spacial score (nSPS) is 12.6. The molecule has 3 rings (SSSR count). The number of fused-ring (bicyclic) bond motifs is 1. The number of pyridine rings is 1. The maximum absolute atomic E-state index is 10.7. The summed E-state index contributed by atoms with van der Waals surface area (Å²) < 4.78 is 0.963. The molecule has 0 amide bonds. The molecule has 1 atom stereocenters. The van der Waals surface area contributed by atoms with E-state index < -0.39 is 6.10 Å². The molecule has 0 radical (unpaired) electrons. The molecule has 0 aliphatic carbocycles. The van der Waals surface area contributed by atoms with Crippen LogP contribution in [0.2, 0.25) is 0 Å². The maximum Gasteiger partial charge on any atom is 0.106 e. The van der Waals surface area contributed by atoms with Crippen molar-refractivity contribution in [2.45, 2.75) is 13.0 Å². The molecule has 2 nitrogen and oxygen atoms in total. The van der Waals surface area contributed by atoms with Gasteiger partial charge >= 0.3 is 0 Å². The number of aliphatic hydroxyl groups excluding tert-OH is 1. The van der Waals surface area contributed by atoms with E-state index in [-0.39, 0.29) is 0 Å². The number of aromatic nitrogens is 1. The summed E-state index contributed by atoms with van der Waals surface area (Å²) in [4.78, 5) is 4.41. The number of benzene rings is 2. The van der Waals surface area contributed by atoms with Gasteiger partial charge in [0.15, 0.2) is 0 Å². The van der Waals surface area contributed by atoms with Crippen LogP contribution in [0.1, 0.15) is 22.8 Å². The molecule has 0 spiro atoms. The highest BCUT2D eigenvalue weighted by atomic mass is 79.9. The number of aliphatic hydroxyl groups is 1. The highest BCUT2D eigenvalue weighted by Gasteiger charge is 2.16. The zero-order chi connectivity index (χ0) is 14.1. The van der Waals surface area contributed by atoms with E-state index in [1.54, 1.807) is 6.20 Å². The molecular formula is C17H14BrNO. The van der Waals surface area contributed by atoms with Gasteiger partial charge in [-0.1, -0.05) is 46.3 Å². The summed E-state index contributed by atoms with van der Waals surface area (Å²) in [7, 11) is 0. The molecule has 0 saturated heterocycles. The summed E-state index contributed by atoms with van der Waals surface area (Å²) in [6, 6.07) is 15.7. The first-order valence-electron chi connectivity index (χ1n) is 6.44. The van der Waals surface area contributed by atoms with E-state index in [1.807, 2.05) is 55.5 Å². The molecule has 1 N–H and O–H groups in total. The zero-order valence-electron chi connectivity index (χ0n) is 11.0. The molecule has 3 heteroatoms. The molecule has 0 bridgehead atoms. The Morgan fingerprint density at radius 3 is 2.70 bits per heavy atom. The Hall–Kier alpha value is -1.71. The van der Waals surface area contributed by atoms with Crippen molar-refractivity contribution in [1.29, 1.82) is 0 Å². The second kappa shape index (κ2) is 5.35. The molecule has 0 fully saturated rings. The van der Waals surface area contributed by atoms with E-state index >= 15 is 0 Å². The molecule has 0 aliphatic heterocycles. The van der Waals surface area contributed by atoms with Gasteiger partial charge in [0, 0.05) is 21.6 Å².